The van der Waals surface area contributed by atoms with E-state index in [2.05, 4.69) is 58.8 Å². The summed E-state index contributed by atoms with van der Waals surface area (Å²) in [5.74, 6) is 1.86. The van der Waals surface area contributed by atoms with Crippen molar-refractivity contribution in [1.29, 1.82) is 0 Å². The standard InChI is InChI=1S/C40H66N2O5/c1-26(2)27-16-21-40(35(47)42-25-10-8-12-32(44)41-24-11-9-13-33(45)46)23-22-38(6)28(34(27)40)14-15-30-37(5)19-18-31(43)36(3,4)29(37)17-20-39(30,38)7/h27-31,34,43H,1,8-25H2,2-7H3,(H,41,44)(H,42,47)(H,45,46)/t27-,28+,29-,30?,31-,34+,37-,38+,39+,40-/m0/s1. The molecule has 5 aliphatic rings. The van der Waals surface area contributed by atoms with E-state index in [4.69, 9.17) is 5.11 Å². The second-order valence-corrected chi connectivity index (χ2v) is 18.1. The van der Waals surface area contributed by atoms with Gasteiger partial charge in [-0.25, -0.2) is 0 Å². The van der Waals surface area contributed by atoms with Crippen LogP contribution in [0.3, 0.4) is 0 Å². The first-order valence-corrected chi connectivity index (χ1v) is 19.1. The first kappa shape index (κ1) is 36.4. The van der Waals surface area contributed by atoms with Crippen LogP contribution in [0.4, 0.5) is 0 Å². The molecule has 7 nitrogen and oxygen atoms in total. The zero-order valence-electron chi connectivity index (χ0n) is 30.5. The molecule has 4 N–H and O–H groups in total. The lowest BCUT2D eigenvalue weighted by Gasteiger charge is -2.72. The van der Waals surface area contributed by atoms with E-state index in [0.29, 0.717) is 61.9 Å². The lowest BCUT2D eigenvalue weighted by Crippen LogP contribution is -2.67. The third kappa shape index (κ3) is 6.11. The zero-order chi connectivity index (χ0) is 34.4. The Bertz CT molecular complexity index is 1210. The largest absolute Gasteiger partial charge is 0.481 e. The maximum absolute atomic E-state index is 14.3. The SMILES string of the molecule is C=C(C)[C@@H]1CC[C@]2(C(=O)NCCCCC(=O)NCCCCC(=O)O)CC[C@]3(C)[C@H](CCC4[C@@]5(C)CC[C@H](O)C(C)(C)[C@@H]5CC[C@]43C)[C@@H]12. The molecule has 5 aliphatic carbocycles. The van der Waals surface area contributed by atoms with Crippen LogP contribution in [0.5, 0.6) is 0 Å². The van der Waals surface area contributed by atoms with E-state index in [-0.39, 0.29) is 51.4 Å². The summed E-state index contributed by atoms with van der Waals surface area (Å²) >= 11 is 0. The zero-order valence-corrected chi connectivity index (χ0v) is 30.5. The Morgan fingerprint density at radius 1 is 0.745 bits per heavy atom. The fraction of sp³-hybridized carbons (Fsp3) is 0.875. The minimum absolute atomic E-state index is 0.00285. The van der Waals surface area contributed by atoms with E-state index in [1.165, 1.54) is 31.3 Å². The number of carbonyl (C=O) groups is 3. The van der Waals surface area contributed by atoms with Crippen LogP contribution < -0.4 is 10.6 Å². The molecule has 0 saturated heterocycles. The van der Waals surface area contributed by atoms with E-state index < -0.39 is 5.97 Å². The van der Waals surface area contributed by atoms with Gasteiger partial charge in [-0.3, -0.25) is 14.4 Å². The molecule has 7 heteroatoms. The number of carboxylic acid groups (broad SMARTS) is 1. The van der Waals surface area contributed by atoms with Crippen LogP contribution in [0.25, 0.3) is 0 Å². The molecule has 0 heterocycles. The van der Waals surface area contributed by atoms with Crippen LogP contribution >= 0.6 is 0 Å². The van der Waals surface area contributed by atoms with Gasteiger partial charge in [0.25, 0.3) is 0 Å². The van der Waals surface area contributed by atoms with E-state index >= 15 is 0 Å². The number of hydrogen-bond donors (Lipinski definition) is 4. The normalized spacial score (nSPS) is 41.9. The van der Waals surface area contributed by atoms with Gasteiger partial charge in [0.1, 0.15) is 0 Å². The molecule has 5 fully saturated rings. The van der Waals surface area contributed by atoms with Crippen molar-refractivity contribution >= 4 is 17.8 Å². The maximum Gasteiger partial charge on any atom is 0.303 e. The quantitative estimate of drug-likeness (QED) is 0.127. The monoisotopic (exact) mass is 654 g/mol. The summed E-state index contributed by atoms with van der Waals surface area (Å²) in [5, 5.41) is 26.1. The average molecular weight is 655 g/mol. The van der Waals surface area contributed by atoms with E-state index in [0.717, 1.165) is 51.4 Å². The van der Waals surface area contributed by atoms with Crippen molar-refractivity contribution in [1.82, 2.24) is 10.6 Å². The molecule has 1 unspecified atom stereocenters. The van der Waals surface area contributed by atoms with Crippen molar-refractivity contribution in [2.24, 2.45) is 56.7 Å². The number of amides is 2. The Labute approximate surface area is 284 Å². The first-order valence-electron chi connectivity index (χ1n) is 19.1. The summed E-state index contributed by atoms with van der Waals surface area (Å²) in [6, 6.07) is 0. The second kappa shape index (κ2) is 13.4. The minimum Gasteiger partial charge on any atom is -0.481 e. The number of hydrogen-bond acceptors (Lipinski definition) is 4. The maximum atomic E-state index is 14.3. The summed E-state index contributed by atoms with van der Waals surface area (Å²) in [7, 11) is 0. The fourth-order valence-corrected chi connectivity index (χ4v) is 13.0. The highest BCUT2D eigenvalue weighted by Gasteiger charge is 2.71. The number of allylic oxidation sites excluding steroid dienone is 1. The Hall–Kier alpha value is -1.89. The van der Waals surface area contributed by atoms with Gasteiger partial charge in [-0.1, -0.05) is 46.8 Å². The topological polar surface area (TPSA) is 116 Å². The smallest absolute Gasteiger partial charge is 0.303 e. The molecular formula is C40H66N2O5. The van der Waals surface area contributed by atoms with Crippen LogP contribution in [0.1, 0.15) is 144 Å². The average Bonchev–Trinajstić information content (AvgIpc) is 3.40. The molecule has 0 aromatic rings. The van der Waals surface area contributed by atoms with Crippen LogP contribution in [0, 0.1) is 56.7 Å². The molecule has 10 atom stereocenters. The fourth-order valence-electron chi connectivity index (χ4n) is 13.0. The van der Waals surface area contributed by atoms with E-state index in [9.17, 15) is 19.5 Å². The number of fused-ring (bicyclic) bond motifs is 7. The molecule has 266 valence electrons. The molecule has 0 aromatic carbocycles. The second-order valence-electron chi connectivity index (χ2n) is 18.1. The van der Waals surface area contributed by atoms with Gasteiger partial charge in [0.2, 0.25) is 11.8 Å². The molecule has 0 bridgehead atoms. The van der Waals surface area contributed by atoms with Crippen LogP contribution in [-0.4, -0.2) is 47.2 Å². The van der Waals surface area contributed by atoms with Gasteiger partial charge in [0.15, 0.2) is 0 Å². The van der Waals surface area contributed by atoms with Crippen LogP contribution in [-0.2, 0) is 14.4 Å². The van der Waals surface area contributed by atoms with Gasteiger partial charge in [0, 0.05) is 25.9 Å². The molecule has 0 spiro atoms. The molecule has 0 radical (unpaired) electrons. The third-order valence-corrected chi connectivity index (χ3v) is 15.8. The number of unbranched alkanes of at least 4 members (excludes halogenated alkanes) is 2. The minimum atomic E-state index is -0.803. The Morgan fingerprint density at radius 3 is 2.11 bits per heavy atom. The highest BCUT2D eigenvalue weighted by molar-refractivity contribution is 5.84. The first-order chi connectivity index (χ1) is 22.0. The number of rotatable bonds is 12. The highest BCUT2D eigenvalue weighted by Crippen LogP contribution is 2.77. The molecule has 47 heavy (non-hydrogen) atoms. The Morgan fingerprint density at radius 2 is 1.43 bits per heavy atom. The summed E-state index contributed by atoms with van der Waals surface area (Å²) in [6.07, 6.45) is 14.0. The van der Waals surface area contributed by atoms with Crippen LogP contribution in [0.2, 0.25) is 0 Å². The lowest BCUT2D eigenvalue weighted by molar-refractivity contribution is -0.246. The third-order valence-electron chi connectivity index (χ3n) is 15.8. The van der Waals surface area contributed by atoms with Gasteiger partial charge >= 0.3 is 5.97 Å². The van der Waals surface area contributed by atoms with Gasteiger partial charge in [0.05, 0.1) is 11.5 Å². The van der Waals surface area contributed by atoms with Gasteiger partial charge < -0.3 is 20.8 Å². The Kier molecular flexibility index (Phi) is 10.4. The van der Waals surface area contributed by atoms with Gasteiger partial charge in [-0.05, 0) is 148 Å². The van der Waals surface area contributed by atoms with Gasteiger partial charge in [-0.2, -0.15) is 0 Å². The summed E-state index contributed by atoms with van der Waals surface area (Å²) in [5.41, 5.74) is 1.52. The predicted molar refractivity (Wildman–Crippen MR) is 186 cm³/mol. The molecule has 0 aromatic heterocycles. The van der Waals surface area contributed by atoms with Crippen molar-refractivity contribution in [3.8, 4) is 0 Å². The van der Waals surface area contributed by atoms with Crippen molar-refractivity contribution in [3.63, 3.8) is 0 Å². The Balaban J connectivity index is 1.25. The number of nitrogens with one attached hydrogen (secondary N) is 2. The van der Waals surface area contributed by atoms with Gasteiger partial charge in [-0.15, -0.1) is 0 Å². The van der Waals surface area contributed by atoms with E-state index in [1.54, 1.807) is 0 Å². The van der Waals surface area contributed by atoms with Crippen molar-refractivity contribution in [2.45, 2.75) is 150 Å². The molecule has 5 rings (SSSR count). The van der Waals surface area contributed by atoms with Crippen LogP contribution in [0.15, 0.2) is 12.2 Å². The molecule has 0 aliphatic heterocycles. The molecule has 5 saturated carbocycles. The highest BCUT2D eigenvalue weighted by atomic mass is 16.4. The molecular weight excluding hydrogens is 588 g/mol. The van der Waals surface area contributed by atoms with Crippen molar-refractivity contribution in [2.75, 3.05) is 13.1 Å². The lowest BCUT2D eigenvalue weighted by atomic mass is 9.32. The van der Waals surface area contributed by atoms with E-state index in [1.807, 2.05) is 0 Å². The molecule has 2 amide bonds. The summed E-state index contributed by atoms with van der Waals surface area (Å²) in [6.45, 7) is 20.3. The summed E-state index contributed by atoms with van der Waals surface area (Å²) < 4.78 is 0. The number of carboxylic acids is 1. The number of aliphatic hydroxyl groups excluding tert-OH is 1. The van der Waals surface area contributed by atoms with Crippen molar-refractivity contribution in [3.05, 3.63) is 12.2 Å². The summed E-state index contributed by atoms with van der Waals surface area (Å²) in [4.78, 5) is 37.2. The number of carbonyl (C=O) groups excluding carboxylic acids is 2. The van der Waals surface area contributed by atoms with Crippen molar-refractivity contribution < 1.29 is 24.6 Å². The predicted octanol–water partition coefficient (Wildman–Crippen LogP) is 7.66. The number of aliphatic hydroxyl groups is 1. The number of aliphatic carboxylic acids is 1.